The van der Waals surface area contributed by atoms with Crippen LogP contribution in [0.2, 0.25) is 0 Å². The van der Waals surface area contributed by atoms with Crippen molar-refractivity contribution in [3.05, 3.63) is 12.7 Å². The van der Waals surface area contributed by atoms with Crippen molar-refractivity contribution in [2.45, 2.75) is 12.8 Å². The Balaban J connectivity index is 2.61. The number of hydrogen-bond donors (Lipinski definition) is 0. The summed E-state index contributed by atoms with van der Waals surface area (Å²) in [7, 11) is 1.28. The molecule has 4 nitrogen and oxygen atoms in total. The van der Waals surface area contributed by atoms with E-state index >= 15 is 0 Å². The van der Waals surface area contributed by atoms with E-state index in [0.717, 1.165) is 12.8 Å². The highest BCUT2D eigenvalue weighted by molar-refractivity contribution is 5.96. The first-order valence-corrected chi connectivity index (χ1v) is 4.56. The Hall–Kier alpha value is -1.32. The fraction of sp³-hybridized carbons (Fsp3) is 0.600. The van der Waals surface area contributed by atoms with Crippen molar-refractivity contribution in [1.82, 2.24) is 0 Å². The molecule has 1 aliphatic heterocycles. The summed E-state index contributed by atoms with van der Waals surface area (Å²) in [4.78, 5) is 22.4. The molecule has 0 radical (unpaired) electrons. The largest absolute Gasteiger partial charge is 0.468 e. The zero-order chi connectivity index (χ0) is 10.6. The van der Waals surface area contributed by atoms with E-state index in [1.807, 2.05) is 0 Å². The van der Waals surface area contributed by atoms with Crippen molar-refractivity contribution in [2.75, 3.05) is 13.7 Å². The molecule has 1 heterocycles. The van der Waals surface area contributed by atoms with Gasteiger partial charge in [0.2, 0.25) is 0 Å². The summed E-state index contributed by atoms with van der Waals surface area (Å²) in [6.45, 7) is 3.90. The molecule has 2 atom stereocenters. The Kier molecular flexibility index (Phi) is 3.68. The van der Waals surface area contributed by atoms with Crippen LogP contribution in [0.25, 0.3) is 0 Å². The van der Waals surface area contributed by atoms with Crippen LogP contribution in [0.1, 0.15) is 12.8 Å². The van der Waals surface area contributed by atoms with Gasteiger partial charge in [-0.25, -0.2) is 0 Å². The van der Waals surface area contributed by atoms with Gasteiger partial charge >= 0.3 is 11.9 Å². The molecule has 0 aliphatic carbocycles. The lowest BCUT2D eigenvalue weighted by atomic mass is 9.91. The molecule has 0 N–H and O–H groups in total. The van der Waals surface area contributed by atoms with E-state index < -0.39 is 17.9 Å². The summed E-state index contributed by atoms with van der Waals surface area (Å²) in [5.74, 6) is -1.76. The van der Waals surface area contributed by atoms with Crippen molar-refractivity contribution in [1.29, 1.82) is 0 Å². The molecule has 1 aliphatic rings. The van der Waals surface area contributed by atoms with Crippen LogP contribution in [0, 0.1) is 11.8 Å². The number of rotatable bonds is 4. The predicted octanol–water partition coefficient (Wildman–Crippen LogP) is 0.915. The fourth-order valence-electron chi connectivity index (χ4n) is 1.57. The molecule has 4 heteroatoms. The number of esters is 2. The van der Waals surface area contributed by atoms with Gasteiger partial charge in [0.15, 0.2) is 5.92 Å². The van der Waals surface area contributed by atoms with Crippen LogP contribution in [0.3, 0.4) is 0 Å². The fourth-order valence-corrected chi connectivity index (χ4v) is 1.57. The van der Waals surface area contributed by atoms with Gasteiger partial charge in [0, 0.05) is 5.92 Å². The van der Waals surface area contributed by atoms with Crippen LogP contribution in [0.15, 0.2) is 12.7 Å². The first kappa shape index (κ1) is 10.8. The number of cyclic esters (lactones) is 1. The standard InChI is InChI=1S/C10H14O4/c1-3-4-5-7-6-14-10(12)8(7)9(11)13-2/h3,7-8H,1,4-6H2,2H3. The topological polar surface area (TPSA) is 52.6 Å². The maximum Gasteiger partial charge on any atom is 0.320 e. The molecule has 0 aromatic rings. The van der Waals surface area contributed by atoms with E-state index in [1.54, 1.807) is 6.08 Å². The average Bonchev–Trinajstić information content (AvgIpc) is 2.55. The normalized spacial score (nSPS) is 25.6. The lowest BCUT2D eigenvalue weighted by molar-refractivity contribution is -0.154. The molecular weight excluding hydrogens is 184 g/mol. The highest BCUT2D eigenvalue weighted by Gasteiger charge is 2.42. The molecule has 1 fully saturated rings. The maximum atomic E-state index is 11.2. The second-order valence-electron chi connectivity index (χ2n) is 3.26. The van der Waals surface area contributed by atoms with Crippen LogP contribution >= 0.6 is 0 Å². The van der Waals surface area contributed by atoms with Gasteiger partial charge < -0.3 is 9.47 Å². The number of ether oxygens (including phenoxy) is 2. The van der Waals surface area contributed by atoms with Gasteiger partial charge in [0.05, 0.1) is 13.7 Å². The molecule has 14 heavy (non-hydrogen) atoms. The average molecular weight is 198 g/mol. The molecule has 0 aromatic heterocycles. The summed E-state index contributed by atoms with van der Waals surface area (Å²) in [5.41, 5.74) is 0. The number of carbonyl (C=O) groups excluding carboxylic acids is 2. The van der Waals surface area contributed by atoms with E-state index in [9.17, 15) is 9.59 Å². The molecule has 2 unspecified atom stereocenters. The van der Waals surface area contributed by atoms with Gasteiger partial charge in [0.1, 0.15) is 0 Å². The SMILES string of the molecule is C=CCCC1COC(=O)C1C(=O)OC. The van der Waals surface area contributed by atoms with Crippen LogP contribution in [0.4, 0.5) is 0 Å². The second-order valence-corrected chi connectivity index (χ2v) is 3.26. The summed E-state index contributed by atoms with van der Waals surface area (Å²) >= 11 is 0. The quantitative estimate of drug-likeness (QED) is 0.383. The van der Waals surface area contributed by atoms with Crippen LogP contribution in [-0.4, -0.2) is 25.7 Å². The molecule has 0 spiro atoms. The molecule has 78 valence electrons. The van der Waals surface area contributed by atoms with Crippen molar-refractivity contribution in [3.63, 3.8) is 0 Å². The monoisotopic (exact) mass is 198 g/mol. The van der Waals surface area contributed by atoms with Gasteiger partial charge in [-0.15, -0.1) is 6.58 Å². The Morgan fingerprint density at radius 2 is 2.50 bits per heavy atom. The van der Waals surface area contributed by atoms with Gasteiger partial charge in [0.25, 0.3) is 0 Å². The van der Waals surface area contributed by atoms with E-state index in [4.69, 9.17) is 4.74 Å². The van der Waals surface area contributed by atoms with Crippen molar-refractivity contribution >= 4 is 11.9 Å². The number of carbonyl (C=O) groups is 2. The predicted molar refractivity (Wildman–Crippen MR) is 49.4 cm³/mol. The van der Waals surface area contributed by atoms with E-state index in [-0.39, 0.29) is 5.92 Å². The number of hydrogen-bond acceptors (Lipinski definition) is 4. The van der Waals surface area contributed by atoms with Gasteiger partial charge in [-0.2, -0.15) is 0 Å². The lowest BCUT2D eigenvalue weighted by Gasteiger charge is -2.11. The minimum absolute atomic E-state index is 0.0621. The van der Waals surface area contributed by atoms with Crippen molar-refractivity contribution < 1.29 is 19.1 Å². The lowest BCUT2D eigenvalue weighted by Crippen LogP contribution is -2.26. The van der Waals surface area contributed by atoms with Crippen LogP contribution in [0.5, 0.6) is 0 Å². The summed E-state index contributed by atoms with van der Waals surface area (Å²) in [6.07, 6.45) is 3.26. The molecule has 0 aromatic carbocycles. The Morgan fingerprint density at radius 3 is 3.07 bits per heavy atom. The summed E-state index contributed by atoms with van der Waals surface area (Å²) in [6, 6.07) is 0. The zero-order valence-corrected chi connectivity index (χ0v) is 8.19. The molecular formula is C10H14O4. The third-order valence-corrected chi connectivity index (χ3v) is 2.36. The first-order valence-electron chi connectivity index (χ1n) is 4.56. The Labute approximate surface area is 82.9 Å². The van der Waals surface area contributed by atoms with Gasteiger partial charge in [-0.1, -0.05) is 6.08 Å². The maximum absolute atomic E-state index is 11.2. The Bertz CT molecular complexity index is 247. The number of methoxy groups -OCH3 is 1. The second kappa shape index (κ2) is 4.79. The molecule has 0 saturated carbocycles. The third-order valence-electron chi connectivity index (χ3n) is 2.36. The summed E-state index contributed by atoms with van der Waals surface area (Å²) in [5, 5.41) is 0. The summed E-state index contributed by atoms with van der Waals surface area (Å²) < 4.78 is 9.37. The molecule has 0 amide bonds. The van der Waals surface area contributed by atoms with Crippen molar-refractivity contribution in [3.8, 4) is 0 Å². The van der Waals surface area contributed by atoms with Gasteiger partial charge in [-0.3, -0.25) is 9.59 Å². The smallest absolute Gasteiger partial charge is 0.320 e. The number of allylic oxidation sites excluding steroid dienone is 1. The van der Waals surface area contributed by atoms with Gasteiger partial charge in [-0.05, 0) is 12.8 Å². The molecule has 1 saturated heterocycles. The minimum atomic E-state index is -0.736. The van der Waals surface area contributed by atoms with Crippen LogP contribution < -0.4 is 0 Å². The third kappa shape index (κ3) is 2.13. The van der Waals surface area contributed by atoms with E-state index in [2.05, 4.69) is 11.3 Å². The highest BCUT2D eigenvalue weighted by atomic mass is 16.6. The van der Waals surface area contributed by atoms with E-state index in [1.165, 1.54) is 7.11 Å². The zero-order valence-electron chi connectivity index (χ0n) is 8.19. The highest BCUT2D eigenvalue weighted by Crippen LogP contribution is 2.27. The van der Waals surface area contributed by atoms with Crippen LogP contribution in [-0.2, 0) is 19.1 Å². The first-order chi connectivity index (χ1) is 6.70. The minimum Gasteiger partial charge on any atom is -0.468 e. The van der Waals surface area contributed by atoms with Crippen molar-refractivity contribution in [2.24, 2.45) is 11.8 Å². The molecule has 0 bridgehead atoms. The molecule has 1 rings (SSSR count). The Morgan fingerprint density at radius 1 is 1.79 bits per heavy atom. The van der Waals surface area contributed by atoms with E-state index in [0.29, 0.717) is 6.61 Å².